The number of ketones is 1. The number of hydrogen-bond acceptors (Lipinski definition) is 4. The Labute approximate surface area is 107 Å². The Bertz CT molecular complexity index is 377. The Morgan fingerprint density at radius 3 is 2.94 bits per heavy atom. The van der Waals surface area contributed by atoms with Crippen LogP contribution < -0.4 is 0 Å². The summed E-state index contributed by atoms with van der Waals surface area (Å²) < 4.78 is 10.8. The molecule has 2 atom stereocenters. The molecule has 2 bridgehead atoms. The van der Waals surface area contributed by atoms with Crippen LogP contribution in [0.1, 0.15) is 44.9 Å². The monoisotopic (exact) mass is 250 g/mol. The summed E-state index contributed by atoms with van der Waals surface area (Å²) in [5.74, 6) is 6.07. The molecule has 0 aromatic carbocycles. The van der Waals surface area contributed by atoms with Gasteiger partial charge in [-0.25, -0.2) is 0 Å². The van der Waals surface area contributed by atoms with Gasteiger partial charge in [0.1, 0.15) is 11.9 Å². The standard InChI is InChI=1S/C14H18O4/c15-11-9-12-5-3-1-2-4-6-14(16)17-8-7-13(10-11)18-12/h12-13H,1-2,4,6-10H2/t12-,13-/m0/s1. The molecule has 18 heavy (non-hydrogen) atoms. The topological polar surface area (TPSA) is 52.6 Å². The summed E-state index contributed by atoms with van der Waals surface area (Å²) in [6, 6.07) is 0. The van der Waals surface area contributed by atoms with Gasteiger partial charge in [-0.05, 0) is 12.8 Å². The third-order valence-electron chi connectivity index (χ3n) is 3.12. The Morgan fingerprint density at radius 1 is 1.17 bits per heavy atom. The maximum absolute atomic E-state index is 11.6. The molecule has 98 valence electrons. The second kappa shape index (κ2) is 6.55. The fraction of sp³-hybridized carbons (Fsp3) is 0.714. The van der Waals surface area contributed by atoms with Crippen LogP contribution in [0.5, 0.6) is 0 Å². The third-order valence-corrected chi connectivity index (χ3v) is 3.12. The third kappa shape index (κ3) is 4.15. The number of rotatable bonds is 0. The molecule has 2 heterocycles. The van der Waals surface area contributed by atoms with Gasteiger partial charge in [0.25, 0.3) is 0 Å². The quantitative estimate of drug-likeness (QED) is 0.484. The van der Waals surface area contributed by atoms with E-state index in [2.05, 4.69) is 11.8 Å². The van der Waals surface area contributed by atoms with E-state index < -0.39 is 0 Å². The van der Waals surface area contributed by atoms with Gasteiger partial charge < -0.3 is 9.47 Å². The van der Waals surface area contributed by atoms with Crippen LogP contribution in [-0.2, 0) is 19.1 Å². The van der Waals surface area contributed by atoms with Gasteiger partial charge in [-0.2, -0.15) is 0 Å². The molecule has 0 unspecified atom stereocenters. The first kappa shape index (κ1) is 13.1. The maximum atomic E-state index is 11.6. The van der Waals surface area contributed by atoms with Crippen molar-refractivity contribution in [3.63, 3.8) is 0 Å². The molecule has 1 fully saturated rings. The average Bonchev–Trinajstić information content (AvgIpc) is 2.33. The summed E-state index contributed by atoms with van der Waals surface area (Å²) in [5, 5.41) is 0. The zero-order chi connectivity index (χ0) is 12.8. The molecule has 2 rings (SSSR count). The molecule has 0 aromatic rings. The van der Waals surface area contributed by atoms with Crippen LogP contribution in [0.15, 0.2) is 0 Å². The molecule has 4 nitrogen and oxygen atoms in total. The highest BCUT2D eigenvalue weighted by molar-refractivity contribution is 5.80. The molecule has 2 aliphatic rings. The van der Waals surface area contributed by atoms with Gasteiger partial charge in [0, 0.05) is 32.1 Å². The zero-order valence-electron chi connectivity index (χ0n) is 10.4. The van der Waals surface area contributed by atoms with Crippen molar-refractivity contribution in [3.8, 4) is 11.8 Å². The van der Waals surface area contributed by atoms with Gasteiger partial charge in [0.2, 0.25) is 0 Å². The number of carbonyl (C=O) groups is 2. The van der Waals surface area contributed by atoms with Crippen molar-refractivity contribution in [2.75, 3.05) is 6.61 Å². The van der Waals surface area contributed by atoms with Crippen LogP contribution in [0.3, 0.4) is 0 Å². The van der Waals surface area contributed by atoms with E-state index in [1.54, 1.807) is 0 Å². The predicted octanol–water partition coefficient (Wildman–Crippen LogP) is 1.61. The van der Waals surface area contributed by atoms with E-state index in [0.29, 0.717) is 32.3 Å². The van der Waals surface area contributed by atoms with Gasteiger partial charge in [0.05, 0.1) is 12.7 Å². The number of ether oxygens (including phenoxy) is 2. The fourth-order valence-electron chi connectivity index (χ4n) is 2.17. The largest absolute Gasteiger partial charge is 0.466 e. The minimum absolute atomic E-state index is 0.154. The Hall–Kier alpha value is -1.34. The molecule has 0 saturated carbocycles. The average molecular weight is 250 g/mol. The zero-order valence-corrected chi connectivity index (χ0v) is 10.4. The summed E-state index contributed by atoms with van der Waals surface area (Å²) >= 11 is 0. The second-order valence-electron chi connectivity index (χ2n) is 4.73. The number of Topliss-reactive ketones (excluding diaryl/α,β-unsaturated/α-hetero) is 1. The lowest BCUT2D eigenvalue weighted by Gasteiger charge is -2.26. The molecular formula is C14H18O4. The number of carbonyl (C=O) groups excluding carboxylic acids is 2. The van der Waals surface area contributed by atoms with Gasteiger partial charge >= 0.3 is 5.97 Å². The van der Waals surface area contributed by atoms with E-state index >= 15 is 0 Å². The van der Waals surface area contributed by atoms with Crippen LogP contribution in [0.25, 0.3) is 0 Å². The molecule has 0 N–H and O–H groups in total. The first-order chi connectivity index (χ1) is 8.74. The van der Waals surface area contributed by atoms with E-state index in [9.17, 15) is 9.59 Å². The Balaban J connectivity index is 1.97. The molecule has 1 saturated heterocycles. The van der Waals surface area contributed by atoms with Crippen LogP contribution in [0.4, 0.5) is 0 Å². The summed E-state index contributed by atoms with van der Waals surface area (Å²) in [6.45, 7) is 0.330. The van der Waals surface area contributed by atoms with Gasteiger partial charge in [-0.1, -0.05) is 5.92 Å². The van der Waals surface area contributed by atoms with Crippen LogP contribution >= 0.6 is 0 Å². The van der Waals surface area contributed by atoms with E-state index in [1.165, 1.54) is 0 Å². The van der Waals surface area contributed by atoms with Gasteiger partial charge in [-0.3, -0.25) is 9.59 Å². The van der Waals surface area contributed by atoms with E-state index in [-0.39, 0.29) is 24.0 Å². The molecule has 4 heteroatoms. The summed E-state index contributed by atoms with van der Waals surface area (Å²) in [6.07, 6.45) is 3.84. The SMILES string of the molecule is O=C1C[C@@H]2CCOC(=O)CCCCC#C[C@@H](C1)O2. The number of esters is 1. The van der Waals surface area contributed by atoms with Crippen LogP contribution in [0.2, 0.25) is 0 Å². The summed E-state index contributed by atoms with van der Waals surface area (Å²) in [5.41, 5.74) is 0. The lowest BCUT2D eigenvalue weighted by atomic mass is 10.0. The van der Waals surface area contributed by atoms with Crippen LogP contribution in [0, 0.1) is 11.8 Å². The molecule has 2 aliphatic heterocycles. The number of fused-ring (bicyclic) bond motifs is 2. The minimum Gasteiger partial charge on any atom is -0.466 e. The molecule has 0 spiro atoms. The van der Waals surface area contributed by atoms with Crippen molar-refractivity contribution < 1.29 is 19.1 Å². The normalized spacial score (nSPS) is 30.0. The highest BCUT2D eigenvalue weighted by atomic mass is 16.5. The Kier molecular flexibility index (Phi) is 4.77. The van der Waals surface area contributed by atoms with E-state index in [4.69, 9.17) is 9.47 Å². The van der Waals surface area contributed by atoms with E-state index in [1.807, 2.05) is 0 Å². The molecule has 0 aromatic heterocycles. The highest BCUT2D eigenvalue weighted by Gasteiger charge is 2.26. The smallest absolute Gasteiger partial charge is 0.305 e. The number of hydrogen-bond donors (Lipinski definition) is 0. The van der Waals surface area contributed by atoms with Crippen molar-refractivity contribution in [2.45, 2.75) is 57.2 Å². The fourth-order valence-corrected chi connectivity index (χ4v) is 2.17. The molecule has 0 radical (unpaired) electrons. The maximum Gasteiger partial charge on any atom is 0.305 e. The van der Waals surface area contributed by atoms with Crippen molar-refractivity contribution in [2.24, 2.45) is 0 Å². The summed E-state index contributed by atoms with van der Waals surface area (Å²) in [4.78, 5) is 22.9. The van der Waals surface area contributed by atoms with Crippen molar-refractivity contribution in [1.29, 1.82) is 0 Å². The van der Waals surface area contributed by atoms with Gasteiger partial charge in [0.15, 0.2) is 0 Å². The lowest BCUT2D eigenvalue weighted by molar-refractivity contribution is -0.145. The van der Waals surface area contributed by atoms with Gasteiger partial charge in [-0.15, -0.1) is 5.92 Å². The van der Waals surface area contributed by atoms with Crippen LogP contribution in [-0.4, -0.2) is 30.6 Å². The molecule has 0 amide bonds. The first-order valence-electron chi connectivity index (χ1n) is 6.55. The summed E-state index contributed by atoms with van der Waals surface area (Å²) in [7, 11) is 0. The predicted molar refractivity (Wildman–Crippen MR) is 64.7 cm³/mol. The lowest BCUT2D eigenvalue weighted by Crippen LogP contribution is -2.33. The second-order valence-corrected chi connectivity index (χ2v) is 4.73. The Morgan fingerprint density at radius 2 is 2.06 bits per heavy atom. The van der Waals surface area contributed by atoms with Crippen molar-refractivity contribution in [3.05, 3.63) is 0 Å². The molecule has 0 aliphatic carbocycles. The number of cyclic esters (lactones) is 1. The first-order valence-corrected chi connectivity index (χ1v) is 6.55. The van der Waals surface area contributed by atoms with Crippen molar-refractivity contribution >= 4 is 11.8 Å². The van der Waals surface area contributed by atoms with Crippen molar-refractivity contribution in [1.82, 2.24) is 0 Å². The van der Waals surface area contributed by atoms with E-state index in [0.717, 1.165) is 19.3 Å². The molecular weight excluding hydrogens is 232 g/mol. The highest BCUT2D eigenvalue weighted by Crippen LogP contribution is 2.19. The minimum atomic E-state index is -0.271.